The fourth-order valence-electron chi connectivity index (χ4n) is 3.74. The quantitative estimate of drug-likeness (QED) is 0.186. The van der Waals surface area contributed by atoms with Crippen LogP contribution in [0.4, 0.5) is 0 Å². The first-order valence-corrected chi connectivity index (χ1v) is 11.8. The van der Waals surface area contributed by atoms with Crippen LogP contribution in [0.1, 0.15) is 22.5 Å². The summed E-state index contributed by atoms with van der Waals surface area (Å²) in [6.45, 7) is 4.10. The zero-order chi connectivity index (χ0) is 25.7. The van der Waals surface area contributed by atoms with Crippen LogP contribution in [0.5, 0.6) is 17.2 Å². The van der Waals surface area contributed by atoms with Gasteiger partial charge in [0.05, 0.1) is 30.8 Å². The van der Waals surface area contributed by atoms with Crippen molar-refractivity contribution in [3.05, 3.63) is 93.7 Å². The molecule has 182 valence electrons. The van der Waals surface area contributed by atoms with E-state index < -0.39 is 0 Å². The Morgan fingerprint density at radius 1 is 1.08 bits per heavy atom. The highest BCUT2D eigenvalue weighted by molar-refractivity contribution is 6.35. The molecule has 0 unspecified atom stereocenters. The van der Waals surface area contributed by atoms with Gasteiger partial charge in [-0.25, -0.2) is 4.98 Å². The maximum absolute atomic E-state index is 9.88. The lowest BCUT2D eigenvalue weighted by molar-refractivity contribution is 0.282. The summed E-state index contributed by atoms with van der Waals surface area (Å²) in [7, 11) is 3.17. The van der Waals surface area contributed by atoms with Gasteiger partial charge < -0.3 is 19.2 Å². The van der Waals surface area contributed by atoms with Crippen molar-refractivity contribution >= 4 is 45.9 Å². The smallest absolute Gasteiger partial charge is 0.165 e. The summed E-state index contributed by atoms with van der Waals surface area (Å²) < 4.78 is 17.0. The van der Waals surface area contributed by atoms with Crippen LogP contribution >= 0.6 is 23.2 Å². The molecule has 0 aliphatic heterocycles. The molecule has 0 bridgehead atoms. The Morgan fingerprint density at radius 2 is 1.92 bits per heavy atom. The molecule has 0 aliphatic rings. The number of nitriles is 1. The molecule has 36 heavy (non-hydrogen) atoms. The number of aromatic nitrogens is 2. The van der Waals surface area contributed by atoms with E-state index in [1.54, 1.807) is 38.5 Å². The number of imidazole rings is 1. The zero-order valence-electron chi connectivity index (χ0n) is 19.8. The molecule has 0 saturated carbocycles. The Kier molecular flexibility index (Phi) is 7.84. The predicted molar refractivity (Wildman–Crippen MR) is 144 cm³/mol. The van der Waals surface area contributed by atoms with Crippen LogP contribution in [-0.2, 0) is 13.0 Å². The highest BCUT2D eigenvalue weighted by atomic mass is 35.5. The molecule has 0 spiro atoms. The molecule has 8 heteroatoms. The monoisotopic (exact) mass is 519 g/mol. The van der Waals surface area contributed by atoms with E-state index in [0.717, 1.165) is 27.7 Å². The van der Waals surface area contributed by atoms with Crippen molar-refractivity contribution in [2.45, 2.75) is 13.0 Å². The van der Waals surface area contributed by atoms with E-state index in [9.17, 15) is 5.26 Å². The fourth-order valence-corrected chi connectivity index (χ4v) is 4.20. The third-order valence-corrected chi connectivity index (χ3v) is 6.09. The van der Waals surface area contributed by atoms with Crippen LogP contribution in [0.2, 0.25) is 10.0 Å². The van der Waals surface area contributed by atoms with Gasteiger partial charge in [0, 0.05) is 27.2 Å². The molecule has 0 atom stereocenters. The summed E-state index contributed by atoms with van der Waals surface area (Å²) in [5.41, 5.74) is 4.30. The lowest BCUT2D eigenvalue weighted by atomic mass is 10.0. The van der Waals surface area contributed by atoms with Crippen LogP contribution < -0.4 is 14.2 Å². The van der Waals surface area contributed by atoms with Gasteiger partial charge in [0.1, 0.15) is 24.3 Å². The number of aromatic amines is 1. The van der Waals surface area contributed by atoms with Gasteiger partial charge in [0.15, 0.2) is 11.5 Å². The second kappa shape index (κ2) is 11.2. The molecule has 1 heterocycles. The average Bonchev–Trinajstić information content (AvgIpc) is 3.30. The number of hydrogen-bond donors (Lipinski definition) is 1. The van der Waals surface area contributed by atoms with Gasteiger partial charge in [0.25, 0.3) is 0 Å². The van der Waals surface area contributed by atoms with Crippen LogP contribution in [0.3, 0.4) is 0 Å². The van der Waals surface area contributed by atoms with E-state index in [1.807, 2.05) is 36.4 Å². The summed E-state index contributed by atoms with van der Waals surface area (Å²) in [5, 5.41) is 11.0. The van der Waals surface area contributed by atoms with E-state index in [4.69, 9.17) is 37.4 Å². The standard InChI is InChI=1S/C28H23Cl2N3O3/c1-4-5-18-10-17(11-20(15-31)28-32-24-9-8-22(34-2)14-25(24)33-28)12-26(35-3)27(18)36-16-19-6-7-21(29)13-23(19)30/h4,6-14H,1,5,16H2,2-3H3,(H,32,33)/b20-11-. The second-order valence-electron chi connectivity index (χ2n) is 7.87. The van der Waals surface area contributed by atoms with Crippen LogP contribution in [0, 0.1) is 11.3 Å². The molecule has 0 radical (unpaired) electrons. The predicted octanol–water partition coefficient (Wildman–Crippen LogP) is 7.26. The van der Waals surface area contributed by atoms with E-state index in [1.165, 1.54) is 0 Å². The van der Waals surface area contributed by atoms with E-state index in [2.05, 4.69) is 22.6 Å². The van der Waals surface area contributed by atoms with Crippen molar-refractivity contribution < 1.29 is 14.2 Å². The van der Waals surface area contributed by atoms with Gasteiger partial charge >= 0.3 is 0 Å². The van der Waals surface area contributed by atoms with E-state index >= 15 is 0 Å². The number of rotatable bonds is 9. The maximum atomic E-state index is 9.88. The minimum Gasteiger partial charge on any atom is -0.497 e. The summed E-state index contributed by atoms with van der Waals surface area (Å²) in [6, 6.07) is 16.8. The van der Waals surface area contributed by atoms with Crippen molar-refractivity contribution in [3.8, 4) is 23.3 Å². The topological polar surface area (TPSA) is 80.2 Å². The summed E-state index contributed by atoms with van der Waals surface area (Å²) >= 11 is 12.3. The maximum Gasteiger partial charge on any atom is 0.165 e. The van der Waals surface area contributed by atoms with Crippen molar-refractivity contribution in [2.75, 3.05) is 14.2 Å². The molecule has 0 aliphatic carbocycles. The molecule has 3 aromatic carbocycles. The van der Waals surface area contributed by atoms with Gasteiger partial charge in [-0.3, -0.25) is 0 Å². The second-order valence-corrected chi connectivity index (χ2v) is 8.71. The van der Waals surface area contributed by atoms with Crippen molar-refractivity contribution in [2.24, 2.45) is 0 Å². The summed E-state index contributed by atoms with van der Waals surface area (Å²) in [5.74, 6) is 2.27. The number of hydrogen-bond acceptors (Lipinski definition) is 5. The van der Waals surface area contributed by atoms with Crippen LogP contribution in [0.15, 0.2) is 61.2 Å². The van der Waals surface area contributed by atoms with Crippen LogP contribution in [0.25, 0.3) is 22.7 Å². The number of nitrogens with zero attached hydrogens (tertiary/aromatic N) is 2. The van der Waals surface area contributed by atoms with Crippen molar-refractivity contribution in [3.63, 3.8) is 0 Å². The number of ether oxygens (including phenoxy) is 3. The van der Waals surface area contributed by atoms with Gasteiger partial charge in [-0.1, -0.05) is 35.3 Å². The van der Waals surface area contributed by atoms with E-state index in [0.29, 0.717) is 45.1 Å². The van der Waals surface area contributed by atoms with Crippen molar-refractivity contribution in [1.82, 2.24) is 9.97 Å². The van der Waals surface area contributed by atoms with Gasteiger partial charge in [-0.05, 0) is 54.5 Å². The Morgan fingerprint density at radius 3 is 2.61 bits per heavy atom. The lowest BCUT2D eigenvalue weighted by Gasteiger charge is -2.16. The fraction of sp³-hybridized carbons (Fsp3) is 0.143. The first-order chi connectivity index (χ1) is 17.4. The number of methoxy groups -OCH3 is 2. The first-order valence-electron chi connectivity index (χ1n) is 11.0. The Balaban J connectivity index is 1.70. The highest BCUT2D eigenvalue weighted by Crippen LogP contribution is 2.36. The number of allylic oxidation sites excluding steroid dienone is 2. The van der Waals surface area contributed by atoms with E-state index in [-0.39, 0.29) is 6.61 Å². The molecular weight excluding hydrogens is 497 g/mol. The first kappa shape index (κ1) is 25.2. The average molecular weight is 520 g/mol. The Hall–Kier alpha value is -3.92. The molecule has 4 aromatic rings. The van der Waals surface area contributed by atoms with Gasteiger partial charge in [0.2, 0.25) is 0 Å². The molecule has 0 amide bonds. The number of nitrogens with one attached hydrogen (secondary N) is 1. The highest BCUT2D eigenvalue weighted by Gasteiger charge is 2.15. The normalized spacial score (nSPS) is 11.2. The SMILES string of the molecule is C=CCc1cc(/C=C(/C#N)c2nc3ccc(OC)cc3[nH]2)cc(OC)c1OCc1ccc(Cl)cc1Cl. The number of H-pyrrole nitrogens is 1. The van der Waals surface area contributed by atoms with Gasteiger partial charge in [-0.2, -0.15) is 5.26 Å². The van der Waals surface area contributed by atoms with Crippen LogP contribution in [-0.4, -0.2) is 24.2 Å². The molecule has 1 aromatic heterocycles. The minimum atomic E-state index is 0.234. The summed E-state index contributed by atoms with van der Waals surface area (Å²) in [6.07, 6.45) is 4.07. The molecule has 0 fully saturated rings. The molecule has 6 nitrogen and oxygen atoms in total. The molecular formula is C28H23Cl2N3O3. The summed E-state index contributed by atoms with van der Waals surface area (Å²) in [4.78, 5) is 7.75. The third kappa shape index (κ3) is 5.49. The minimum absolute atomic E-state index is 0.234. The van der Waals surface area contributed by atoms with Crippen molar-refractivity contribution in [1.29, 1.82) is 5.26 Å². The largest absolute Gasteiger partial charge is 0.497 e. The molecule has 0 saturated heterocycles. The van der Waals surface area contributed by atoms with Gasteiger partial charge in [-0.15, -0.1) is 6.58 Å². The Labute approximate surface area is 219 Å². The molecule has 4 rings (SSSR count). The number of benzene rings is 3. The Bertz CT molecular complexity index is 1500. The third-order valence-electron chi connectivity index (χ3n) is 5.50. The lowest BCUT2D eigenvalue weighted by Crippen LogP contribution is -2.02. The zero-order valence-corrected chi connectivity index (χ0v) is 21.3. The number of halogens is 2. The number of fused-ring (bicyclic) bond motifs is 1. The molecule has 1 N–H and O–H groups in total.